The van der Waals surface area contributed by atoms with Crippen LogP contribution in [0.4, 0.5) is 14.5 Å². The van der Waals surface area contributed by atoms with Gasteiger partial charge in [-0.15, -0.1) is 0 Å². The van der Waals surface area contributed by atoms with Crippen LogP contribution in [0.2, 0.25) is 0 Å². The first kappa shape index (κ1) is 13.1. The lowest BCUT2D eigenvalue weighted by Crippen LogP contribution is -2.31. The van der Waals surface area contributed by atoms with Gasteiger partial charge in [-0.3, -0.25) is 4.79 Å². The average molecular weight is 293 g/mol. The number of rotatable bonds is 5. The van der Waals surface area contributed by atoms with Crippen LogP contribution in [0.15, 0.2) is 28.7 Å². The number of amides is 1. The highest BCUT2D eigenvalue weighted by atomic mass is 79.9. The fraction of sp³-hybridized carbons (Fsp3) is 0.300. The second-order valence-corrected chi connectivity index (χ2v) is 4.00. The maximum Gasteiger partial charge on any atom is 0.250 e. The second-order valence-electron chi connectivity index (χ2n) is 3.08. The molecule has 0 aliphatic rings. The summed E-state index contributed by atoms with van der Waals surface area (Å²) in [5, 5.41) is 4.93. The van der Waals surface area contributed by atoms with E-state index in [1.807, 2.05) is 6.07 Å². The summed E-state index contributed by atoms with van der Waals surface area (Å²) in [7, 11) is 0. The zero-order valence-corrected chi connectivity index (χ0v) is 9.93. The molecule has 1 aromatic rings. The van der Waals surface area contributed by atoms with E-state index in [1.54, 1.807) is 18.2 Å². The van der Waals surface area contributed by atoms with Crippen molar-refractivity contribution in [1.29, 1.82) is 0 Å². The molecule has 1 rings (SSSR count). The molecule has 1 aromatic carbocycles. The number of carbonyl (C=O) groups excluding carboxylic acids is 1. The highest BCUT2D eigenvalue weighted by Crippen LogP contribution is 2.15. The van der Waals surface area contributed by atoms with Gasteiger partial charge in [0.05, 0.1) is 13.1 Å². The largest absolute Gasteiger partial charge is 0.325 e. The molecule has 0 saturated heterocycles. The maximum atomic E-state index is 11.8. The van der Waals surface area contributed by atoms with Gasteiger partial charge in [-0.1, -0.05) is 22.0 Å². The van der Waals surface area contributed by atoms with E-state index < -0.39 is 13.0 Å². The van der Waals surface area contributed by atoms with Crippen molar-refractivity contribution < 1.29 is 13.6 Å². The Morgan fingerprint density at radius 3 is 2.81 bits per heavy atom. The average Bonchev–Trinajstić information content (AvgIpc) is 2.16. The minimum atomic E-state index is -2.45. The lowest BCUT2D eigenvalue weighted by atomic mass is 10.3. The first-order valence-electron chi connectivity index (χ1n) is 4.62. The summed E-state index contributed by atoms with van der Waals surface area (Å²) in [6.07, 6.45) is -2.45. The third-order valence-electron chi connectivity index (χ3n) is 1.69. The van der Waals surface area contributed by atoms with Crippen LogP contribution in [0.3, 0.4) is 0 Å². The van der Waals surface area contributed by atoms with E-state index in [1.165, 1.54) is 0 Å². The van der Waals surface area contributed by atoms with Gasteiger partial charge in [-0.05, 0) is 18.2 Å². The van der Waals surface area contributed by atoms with E-state index in [2.05, 4.69) is 26.6 Å². The topological polar surface area (TPSA) is 41.1 Å². The Morgan fingerprint density at radius 1 is 1.44 bits per heavy atom. The molecule has 0 aliphatic heterocycles. The van der Waals surface area contributed by atoms with Crippen LogP contribution in [0.1, 0.15) is 0 Å². The van der Waals surface area contributed by atoms with E-state index >= 15 is 0 Å². The number of nitrogens with one attached hydrogen (secondary N) is 2. The first-order chi connectivity index (χ1) is 7.58. The highest BCUT2D eigenvalue weighted by molar-refractivity contribution is 9.10. The molecule has 0 aromatic heterocycles. The van der Waals surface area contributed by atoms with Crippen LogP contribution in [0, 0.1) is 0 Å². The van der Waals surface area contributed by atoms with Crippen LogP contribution in [0.5, 0.6) is 0 Å². The first-order valence-corrected chi connectivity index (χ1v) is 5.41. The van der Waals surface area contributed by atoms with Gasteiger partial charge in [0.2, 0.25) is 5.91 Å². The van der Waals surface area contributed by atoms with E-state index in [0.717, 1.165) is 4.47 Å². The molecule has 0 saturated carbocycles. The van der Waals surface area contributed by atoms with Gasteiger partial charge >= 0.3 is 0 Å². The molecule has 0 spiro atoms. The van der Waals surface area contributed by atoms with Crippen LogP contribution in [0.25, 0.3) is 0 Å². The molecule has 88 valence electrons. The Kier molecular flexibility index (Phi) is 5.34. The third-order valence-corrected chi connectivity index (χ3v) is 2.19. The molecule has 0 fully saturated rings. The molecular weight excluding hydrogens is 282 g/mol. The number of carbonyl (C=O) groups is 1. The van der Waals surface area contributed by atoms with Gasteiger partial charge in [-0.2, -0.15) is 0 Å². The van der Waals surface area contributed by atoms with Crippen LogP contribution in [-0.2, 0) is 4.79 Å². The van der Waals surface area contributed by atoms with E-state index in [-0.39, 0.29) is 12.5 Å². The Balaban J connectivity index is 2.34. The molecule has 0 aliphatic carbocycles. The minimum absolute atomic E-state index is 0.128. The smallest absolute Gasteiger partial charge is 0.250 e. The summed E-state index contributed by atoms with van der Waals surface area (Å²) in [6.45, 7) is -0.608. The zero-order chi connectivity index (χ0) is 12.0. The normalized spacial score (nSPS) is 10.5. The van der Waals surface area contributed by atoms with Gasteiger partial charge in [0.1, 0.15) is 0 Å². The summed E-state index contributed by atoms with van der Waals surface area (Å²) < 4.78 is 24.4. The fourth-order valence-corrected chi connectivity index (χ4v) is 1.47. The van der Waals surface area contributed by atoms with Crippen molar-refractivity contribution in [2.45, 2.75) is 6.43 Å². The van der Waals surface area contributed by atoms with Crippen molar-refractivity contribution in [3.8, 4) is 0 Å². The van der Waals surface area contributed by atoms with Gasteiger partial charge < -0.3 is 10.6 Å². The van der Waals surface area contributed by atoms with E-state index in [0.29, 0.717) is 5.69 Å². The van der Waals surface area contributed by atoms with Crippen molar-refractivity contribution in [2.75, 3.05) is 18.4 Å². The predicted octanol–water partition coefficient (Wildman–Crippen LogP) is 2.24. The standard InChI is InChI=1S/C10H11BrF2N2O/c11-7-2-1-3-8(4-7)15-10(16)6-14-5-9(12)13/h1-4,9,14H,5-6H2,(H,15,16). The number of hydrogen-bond donors (Lipinski definition) is 2. The van der Waals surface area contributed by atoms with E-state index in [9.17, 15) is 13.6 Å². The molecule has 1 amide bonds. The molecular formula is C10H11BrF2N2O. The van der Waals surface area contributed by atoms with Gasteiger partial charge in [-0.25, -0.2) is 8.78 Å². The fourth-order valence-electron chi connectivity index (χ4n) is 1.07. The lowest BCUT2D eigenvalue weighted by molar-refractivity contribution is -0.115. The number of halogens is 3. The van der Waals surface area contributed by atoms with Crippen LogP contribution >= 0.6 is 15.9 Å². The lowest BCUT2D eigenvalue weighted by Gasteiger charge is -2.06. The third kappa shape index (κ3) is 5.18. The number of hydrogen-bond acceptors (Lipinski definition) is 2. The summed E-state index contributed by atoms with van der Waals surface area (Å²) in [6, 6.07) is 7.04. The van der Waals surface area contributed by atoms with Crippen LogP contribution < -0.4 is 10.6 Å². The van der Waals surface area contributed by atoms with Crippen molar-refractivity contribution in [3.63, 3.8) is 0 Å². The van der Waals surface area contributed by atoms with Gasteiger partial charge in [0.25, 0.3) is 6.43 Å². The molecule has 6 heteroatoms. The number of alkyl halides is 2. The monoisotopic (exact) mass is 292 g/mol. The highest BCUT2D eigenvalue weighted by Gasteiger charge is 2.05. The molecule has 3 nitrogen and oxygen atoms in total. The molecule has 0 heterocycles. The van der Waals surface area contributed by atoms with Gasteiger partial charge in [0.15, 0.2) is 0 Å². The summed E-state index contributed by atoms with van der Waals surface area (Å²) in [4.78, 5) is 11.3. The summed E-state index contributed by atoms with van der Waals surface area (Å²) >= 11 is 3.26. The summed E-state index contributed by atoms with van der Waals surface area (Å²) in [5.41, 5.74) is 0.623. The molecule has 16 heavy (non-hydrogen) atoms. The molecule has 2 N–H and O–H groups in total. The Bertz CT molecular complexity index is 360. The summed E-state index contributed by atoms with van der Waals surface area (Å²) in [5.74, 6) is -0.348. The van der Waals surface area contributed by atoms with Crippen LogP contribution in [-0.4, -0.2) is 25.4 Å². The predicted molar refractivity (Wildman–Crippen MR) is 61.6 cm³/mol. The zero-order valence-electron chi connectivity index (χ0n) is 8.34. The van der Waals surface area contributed by atoms with Gasteiger partial charge in [0, 0.05) is 10.2 Å². The van der Waals surface area contributed by atoms with E-state index in [4.69, 9.17) is 0 Å². The number of benzene rings is 1. The van der Waals surface area contributed by atoms with Crippen molar-refractivity contribution >= 4 is 27.5 Å². The maximum absolute atomic E-state index is 11.8. The minimum Gasteiger partial charge on any atom is -0.325 e. The quantitative estimate of drug-likeness (QED) is 0.874. The number of anilines is 1. The van der Waals surface area contributed by atoms with Crippen molar-refractivity contribution in [1.82, 2.24) is 5.32 Å². The molecule has 0 radical (unpaired) electrons. The molecule has 0 unspecified atom stereocenters. The Morgan fingerprint density at radius 2 is 2.19 bits per heavy atom. The molecule has 0 atom stereocenters. The van der Waals surface area contributed by atoms with Crippen molar-refractivity contribution in [2.24, 2.45) is 0 Å². The Labute approximate surface area is 100 Å². The van der Waals surface area contributed by atoms with Crippen molar-refractivity contribution in [3.05, 3.63) is 28.7 Å². The molecule has 0 bridgehead atoms. The second kappa shape index (κ2) is 6.55. The Hall–Kier alpha value is -1.01. The SMILES string of the molecule is O=C(CNCC(F)F)Nc1cccc(Br)c1.